The third-order valence-corrected chi connectivity index (χ3v) is 3.90. The van der Waals surface area contributed by atoms with Crippen molar-refractivity contribution < 1.29 is 4.74 Å². The van der Waals surface area contributed by atoms with Gasteiger partial charge >= 0.3 is 0 Å². The Hall–Kier alpha value is -0.580. The first-order valence-electron chi connectivity index (χ1n) is 6.77. The van der Waals surface area contributed by atoms with E-state index < -0.39 is 0 Å². The van der Waals surface area contributed by atoms with E-state index in [-0.39, 0.29) is 0 Å². The number of nitrogens with two attached hydrogens (primary N) is 1. The Morgan fingerprint density at radius 3 is 2.74 bits per heavy atom. The van der Waals surface area contributed by atoms with E-state index in [4.69, 9.17) is 10.5 Å². The topological polar surface area (TPSA) is 38.5 Å². The molecule has 1 unspecified atom stereocenters. The van der Waals surface area contributed by atoms with Gasteiger partial charge in [0.05, 0.1) is 7.11 Å². The van der Waals surface area contributed by atoms with Crippen LogP contribution in [0.2, 0.25) is 0 Å². The van der Waals surface area contributed by atoms with Crippen molar-refractivity contribution >= 4 is 15.9 Å². The maximum atomic E-state index is 5.64. The van der Waals surface area contributed by atoms with Gasteiger partial charge in [0.1, 0.15) is 5.75 Å². The van der Waals surface area contributed by atoms with Crippen molar-refractivity contribution in [2.24, 2.45) is 11.7 Å². The Labute approximate surface area is 125 Å². The number of hydrogen-bond acceptors (Lipinski definition) is 3. The quantitative estimate of drug-likeness (QED) is 0.797. The highest BCUT2D eigenvalue weighted by Gasteiger charge is 2.07. The van der Waals surface area contributed by atoms with Crippen LogP contribution in [0.4, 0.5) is 0 Å². The van der Waals surface area contributed by atoms with Crippen LogP contribution in [0.1, 0.15) is 18.9 Å². The fraction of sp³-hybridized carbons (Fsp3) is 0.600. The molecule has 1 aromatic rings. The van der Waals surface area contributed by atoms with Crippen LogP contribution in [0.25, 0.3) is 0 Å². The molecule has 0 heterocycles. The molecule has 19 heavy (non-hydrogen) atoms. The lowest BCUT2D eigenvalue weighted by molar-refractivity contribution is 0.308. The van der Waals surface area contributed by atoms with Gasteiger partial charge in [-0.2, -0.15) is 0 Å². The summed E-state index contributed by atoms with van der Waals surface area (Å²) >= 11 is 3.51. The Morgan fingerprint density at radius 1 is 1.37 bits per heavy atom. The molecule has 2 N–H and O–H groups in total. The van der Waals surface area contributed by atoms with Gasteiger partial charge < -0.3 is 15.4 Å². The number of benzene rings is 1. The van der Waals surface area contributed by atoms with Crippen LogP contribution in [0.3, 0.4) is 0 Å². The van der Waals surface area contributed by atoms with Gasteiger partial charge in [0.25, 0.3) is 0 Å². The Kier molecular flexibility index (Phi) is 7.42. The normalized spacial score (nSPS) is 12.7. The number of hydrogen-bond donors (Lipinski definition) is 1. The second-order valence-corrected chi connectivity index (χ2v) is 6.05. The first-order valence-corrected chi connectivity index (χ1v) is 7.57. The zero-order valence-electron chi connectivity index (χ0n) is 12.2. The second-order valence-electron chi connectivity index (χ2n) is 5.14. The van der Waals surface area contributed by atoms with Crippen molar-refractivity contribution in [3.63, 3.8) is 0 Å². The van der Waals surface area contributed by atoms with Crippen molar-refractivity contribution in [3.05, 3.63) is 28.2 Å². The molecule has 0 aliphatic carbocycles. The van der Waals surface area contributed by atoms with E-state index in [2.05, 4.69) is 40.9 Å². The van der Waals surface area contributed by atoms with E-state index in [0.29, 0.717) is 5.92 Å². The molecule has 0 radical (unpaired) electrons. The predicted octanol–water partition coefficient (Wildman–Crippen LogP) is 2.92. The lowest BCUT2D eigenvalue weighted by atomic mass is 10.1. The highest BCUT2D eigenvalue weighted by molar-refractivity contribution is 9.10. The van der Waals surface area contributed by atoms with E-state index >= 15 is 0 Å². The number of halogens is 1. The van der Waals surface area contributed by atoms with Crippen LogP contribution in [-0.4, -0.2) is 38.7 Å². The Morgan fingerprint density at radius 2 is 2.11 bits per heavy atom. The summed E-state index contributed by atoms with van der Waals surface area (Å²) < 4.78 is 6.49. The molecule has 0 aliphatic rings. The van der Waals surface area contributed by atoms with Crippen molar-refractivity contribution in [2.45, 2.75) is 19.8 Å². The summed E-state index contributed by atoms with van der Waals surface area (Å²) in [4.78, 5) is 2.35. The van der Waals surface area contributed by atoms with E-state index in [1.165, 1.54) is 5.56 Å². The average molecular weight is 329 g/mol. The van der Waals surface area contributed by atoms with Crippen LogP contribution >= 0.6 is 15.9 Å². The lowest BCUT2D eigenvalue weighted by Crippen LogP contribution is -2.25. The van der Waals surface area contributed by atoms with Crippen molar-refractivity contribution in [2.75, 3.05) is 33.8 Å². The molecule has 0 spiro atoms. The van der Waals surface area contributed by atoms with Gasteiger partial charge in [0.2, 0.25) is 0 Å². The summed E-state index contributed by atoms with van der Waals surface area (Å²) in [6, 6.07) is 6.15. The number of ether oxygens (including phenoxy) is 1. The molecule has 0 aromatic heterocycles. The predicted molar refractivity (Wildman–Crippen MR) is 84.7 cm³/mol. The van der Waals surface area contributed by atoms with Crippen LogP contribution in [0.15, 0.2) is 22.7 Å². The number of likely N-dealkylation sites (N-methyl/N-ethyl adjacent to an activating group) is 1. The SMILES string of the molecule is COc1ccc(Br)cc1CCN(C)CCC(C)CN. The summed E-state index contributed by atoms with van der Waals surface area (Å²) in [5, 5.41) is 0. The Bertz CT molecular complexity index is 384. The third kappa shape index (κ3) is 5.93. The molecule has 0 amide bonds. The number of rotatable bonds is 8. The minimum atomic E-state index is 0.600. The molecule has 1 rings (SSSR count). The Balaban J connectivity index is 2.45. The minimum absolute atomic E-state index is 0.600. The maximum Gasteiger partial charge on any atom is 0.122 e. The first kappa shape index (κ1) is 16.5. The molecule has 3 nitrogen and oxygen atoms in total. The van der Waals surface area contributed by atoms with E-state index in [1.54, 1.807) is 7.11 Å². The molecule has 0 saturated heterocycles. The molecule has 1 aromatic carbocycles. The second kappa shape index (κ2) is 8.56. The summed E-state index contributed by atoms with van der Waals surface area (Å²) in [5.41, 5.74) is 6.88. The summed E-state index contributed by atoms with van der Waals surface area (Å²) in [6.45, 7) is 5.09. The van der Waals surface area contributed by atoms with Crippen LogP contribution in [-0.2, 0) is 6.42 Å². The maximum absolute atomic E-state index is 5.64. The number of nitrogens with zero attached hydrogens (tertiary/aromatic N) is 1. The van der Waals surface area contributed by atoms with Gasteiger partial charge in [-0.05, 0) is 62.7 Å². The van der Waals surface area contributed by atoms with Crippen molar-refractivity contribution in [3.8, 4) is 5.75 Å². The average Bonchev–Trinajstić information content (AvgIpc) is 2.42. The highest BCUT2D eigenvalue weighted by atomic mass is 79.9. The first-order chi connectivity index (χ1) is 9.06. The highest BCUT2D eigenvalue weighted by Crippen LogP contribution is 2.23. The van der Waals surface area contributed by atoms with Crippen LogP contribution in [0, 0.1) is 5.92 Å². The molecule has 0 saturated carbocycles. The van der Waals surface area contributed by atoms with E-state index in [9.17, 15) is 0 Å². The largest absolute Gasteiger partial charge is 0.496 e. The molecule has 4 heteroatoms. The van der Waals surface area contributed by atoms with Crippen molar-refractivity contribution in [1.29, 1.82) is 0 Å². The molecular formula is C15H25BrN2O. The van der Waals surface area contributed by atoms with E-state index in [1.807, 2.05) is 12.1 Å². The molecule has 108 valence electrons. The minimum Gasteiger partial charge on any atom is -0.496 e. The van der Waals surface area contributed by atoms with Gasteiger partial charge in [0, 0.05) is 11.0 Å². The van der Waals surface area contributed by atoms with Gasteiger partial charge in [-0.15, -0.1) is 0 Å². The van der Waals surface area contributed by atoms with Gasteiger partial charge in [0.15, 0.2) is 0 Å². The standard InChI is InChI=1S/C15H25BrN2O/c1-12(11-17)6-8-18(2)9-7-13-10-14(16)4-5-15(13)19-3/h4-5,10,12H,6-9,11,17H2,1-3H3. The fourth-order valence-electron chi connectivity index (χ4n) is 1.92. The molecule has 0 aliphatic heterocycles. The molecule has 0 fully saturated rings. The zero-order valence-corrected chi connectivity index (χ0v) is 13.7. The van der Waals surface area contributed by atoms with Crippen LogP contribution < -0.4 is 10.5 Å². The third-order valence-electron chi connectivity index (χ3n) is 3.41. The van der Waals surface area contributed by atoms with E-state index in [0.717, 1.165) is 42.7 Å². The smallest absolute Gasteiger partial charge is 0.122 e. The molecule has 1 atom stereocenters. The van der Waals surface area contributed by atoms with Crippen molar-refractivity contribution in [1.82, 2.24) is 4.90 Å². The number of methoxy groups -OCH3 is 1. The summed E-state index contributed by atoms with van der Waals surface area (Å²) in [6.07, 6.45) is 2.15. The monoisotopic (exact) mass is 328 g/mol. The molecular weight excluding hydrogens is 304 g/mol. The fourth-order valence-corrected chi connectivity index (χ4v) is 2.33. The van der Waals surface area contributed by atoms with Gasteiger partial charge in [-0.3, -0.25) is 0 Å². The summed E-state index contributed by atoms with van der Waals surface area (Å²) in [5.74, 6) is 1.56. The lowest BCUT2D eigenvalue weighted by Gasteiger charge is -2.19. The molecule has 0 bridgehead atoms. The van der Waals surface area contributed by atoms with Gasteiger partial charge in [-0.1, -0.05) is 22.9 Å². The van der Waals surface area contributed by atoms with Crippen LogP contribution in [0.5, 0.6) is 5.75 Å². The van der Waals surface area contributed by atoms with Gasteiger partial charge in [-0.25, -0.2) is 0 Å². The zero-order chi connectivity index (χ0) is 14.3. The summed E-state index contributed by atoms with van der Waals surface area (Å²) in [7, 11) is 3.88.